The highest BCUT2D eigenvalue weighted by molar-refractivity contribution is 6.01. The molecule has 3 rings (SSSR count). The van der Waals surface area contributed by atoms with Crippen LogP contribution in [0.5, 0.6) is 0 Å². The molecule has 0 spiro atoms. The molecule has 5 heteroatoms. The Morgan fingerprint density at radius 2 is 2.00 bits per heavy atom. The summed E-state index contributed by atoms with van der Waals surface area (Å²) in [6.45, 7) is 2.27. The van der Waals surface area contributed by atoms with E-state index in [1.165, 1.54) is 17.4 Å². The zero-order valence-electron chi connectivity index (χ0n) is 12.5. The summed E-state index contributed by atoms with van der Waals surface area (Å²) in [5.41, 5.74) is 3.10. The summed E-state index contributed by atoms with van der Waals surface area (Å²) in [5, 5.41) is 0. The van der Waals surface area contributed by atoms with Crippen molar-refractivity contribution in [2.24, 2.45) is 0 Å². The molecule has 0 radical (unpaired) electrons. The van der Waals surface area contributed by atoms with Gasteiger partial charge < -0.3 is 14.2 Å². The Morgan fingerprint density at radius 1 is 1.18 bits per heavy atom. The maximum atomic E-state index is 12.4. The number of esters is 1. The second kappa shape index (κ2) is 6.22. The van der Waals surface area contributed by atoms with Crippen LogP contribution in [0.2, 0.25) is 0 Å². The van der Waals surface area contributed by atoms with Gasteiger partial charge in [0.05, 0.1) is 0 Å². The Balaban J connectivity index is 1.66. The first-order valence-electron chi connectivity index (χ1n) is 7.47. The van der Waals surface area contributed by atoms with Crippen LogP contribution in [0.1, 0.15) is 34.8 Å². The fourth-order valence-corrected chi connectivity index (χ4v) is 2.71. The molecule has 0 unspecified atom stereocenters. The number of aryl methyl sites for hydroxylation is 2. The van der Waals surface area contributed by atoms with E-state index in [2.05, 4.69) is 0 Å². The Kier molecular flexibility index (Phi) is 4.13. The van der Waals surface area contributed by atoms with Crippen LogP contribution in [0.25, 0.3) is 0 Å². The van der Waals surface area contributed by atoms with Crippen molar-refractivity contribution in [3.8, 4) is 0 Å². The van der Waals surface area contributed by atoms with Crippen molar-refractivity contribution in [3.05, 3.63) is 46.9 Å². The van der Waals surface area contributed by atoms with E-state index >= 15 is 0 Å². The van der Waals surface area contributed by atoms with Crippen LogP contribution in [0.4, 0.5) is 0 Å². The van der Waals surface area contributed by atoms with E-state index in [9.17, 15) is 9.59 Å². The molecule has 1 heterocycles. The maximum Gasteiger partial charge on any atom is 0.377 e. The Hall–Kier alpha value is -2.30. The molecule has 1 atom stereocenters. The summed E-state index contributed by atoms with van der Waals surface area (Å²) in [7, 11) is 0. The fourth-order valence-electron chi connectivity index (χ4n) is 2.71. The molecule has 2 aliphatic rings. The fraction of sp³-hybridized carbons (Fsp3) is 0.412. The lowest BCUT2D eigenvalue weighted by Gasteiger charge is -2.17. The number of Topliss-reactive ketones (excluding diaryl/α,β-unsaturated/α-hetero) is 1. The van der Waals surface area contributed by atoms with Gasteiger partial charge in [-0.2, -0.15) is 0 Å². The van der Waals surface area contributed by atoms with Gasteiger partial charge in [-0.3, -0.25) is 4.79 Å². The van der Waals surface area contributed by atoms with Crippen LogP contribution >= 0.6 is 0 Å². The van der Waals surface area contributed by atoms with Crippen LogP contribution in [0, 0.1) is 0 Å². The lowest BCUT2D eigenvalue weighted by molar-refractivity contribution is -0.147. The molecule has 0 N–H and O–H groups in total. The minimum atomic E-state index is -0.863. The molecule has 0 saturated carbocycles. The number of carbonyl (C=O) groups is 2. The molecule has 0 fully saturated rings. The van der Waals surface area contributed by atoms with Crippen molar-refractivity contribution in [3.63, 3.8) is 0 Å². The van der Waals surface area contributed by atoms with Gasteiger partial charge in [-0.15, -0.1) is 0 Å². The maximum absolute atomic E-state index is 12.4. The van der Waals surface area contributed by atoms with Crippen LogP contribution in [-0.2, 0) is 31.8 Å². The average molecular weight is 302 g/mol. The number of hydrogen-bond donors (Lipinski definition) is 0. The number of carbonyl (C=O) groups excluding carboxylic acids is 2. The first kappa shape index (κ1) is 14.6. The van der Waals surface area contributed by atoms with Gasteiger partial charge in [-0.1, -0.05) is 12.1 Å². The third-order valence-corrected chi connectivity index (χ3v) is 3.89. The molecule has 5 nitrogen and oxygen atoms in total. The molecule has 0 aromatic heterocycles. The van der Waals surface area contributed by atoms with Gasteiger partial charge >= 0.3 is 5.97 Å². The highest BCUT2D eigenvalue weighted by atomic mass is 16.6. The van der Waals surface area contributed by atoms with E-state index in [-0.39, 0.29) is 11.5 Å². The Bertz CT molecular complexity index is 632. The normalized spacial score (nSPS) is 17.6. The zero-order chi connectivity index (χ0) is 15.5. The first-order valence-corrected chi connectivity index (χ1v) is 7.47. The summed E-state index contributed by atoms with van der Waals surface area (Å²) in [5.74, 6) is -0.887. The Labute approximate surface area is 128 Å². The topological polar surface area (TPSA) is 61.8 Å². The highest BCUT2D eigenvalue weighted by Crippen LogP contribution is 2.23. The van der Waals surface area contributed by atoms with E-state index in [1.807, 2.05) is 12.1 Å². The second-order valence-electron chi connectivity index (χ2n) is 5.45. The number of benzene rings is 1. The number of ketones is 1. The van der Waals surface area contributed by atoms with Crippen molar-refractivity contribution in [1.82, 2.24) is 0 Å². The van der Waals surface area contributed by atoms with Crippen LogP contribution in [-0.4, -0.2) is 31.1 Å². The molecular formula is C17H18O5. The van der Waals surface area contributed by atoms with E-state index < -0.39 is 12.1 Å². The zero-order valence-corrected chi connectivity index (χ0v) is 12.5. The van der Waals surface area contributed by atoms with Crippen molar-refractivity contribution >= 4 is 11.8 Å². The van der Waals surface area contributed by atoms with Crippen molar-refractivity contribution in [2.45, 2.75) is 32.3 Å². The van der Waals surface area contributed by atoms with Crippen molar-refractivity contribution in [1.29, 1.82) is 0 Å². The summed E-state index contributed by atoms with van der Waals surface area (Å²) in [4.78, 5) is 24.3. The first-order chi connectivity index (χ1) is 10.6. The molecule has 22 heavy (non-hydrogen) atoms. The largest absolute Gasteiger partial charge is 0.493 e. The van der Waals surface area contributed by atoms with Gasteiger partial charge in [-0.25, -0.2) is 4.79 Å². The number of hydrogen-bond acceptors (Lipinski definition) is 5. The quantitative estimate of drug-likeness (QED) is 0.630. The van der Waals surface area contributed by atoms with Crippen molar-refractivity contribution in [2.75, 3.05) is 13.2 Å². The molecule has 1 aromatic rings. The molecule has 1 aliphatic carbocycles. The summed E-state index contributed by atoms with van der Waals surface area (Å²) < 4.78 is 15.3. The molecule has 1 aliphatic heterocycles. The molecule has 116 valence electrons. The van der Waals surface area contributed by atoms with Gasteiger partial charge in [0.2, 0.25) is 11.5 Å². The molecule has 0 bridgehead atoms. The summed E-state index contributed by atoms with van der Waals surface area (Å²) in [6.07, 6.45) is 3.56. The SMILES string of the molecule is C[C@@H](OC(=O)C1=COCCO1)C(=O)c1ccc2c(c1)CCC2. The third-order valence-electron chi connectivity index (χ3n) is 3.89. The van der Waals surface area contributed by atoms with E-state index in [1.54, 1.807) is 13.0 Å². The number of ether oxygens (including phenoxy) is 3. The smallest absolute Gasteiger partial charge is 0.377 e. The van der Waals surface area contributed by atoms with Gasteiger partial charge in [0.15, 0.2) is 6.10 Å². The lowest BCUT2D eigenvalue weighted by Crippen LogP contribution is -2.27. The van der Waals surface area contributed by atoms with Crippen LogP contribution in [0.15, 0.2) is 30.2 Å². The number of rotatable bonds is 4. The summed E-state index contributed by atoms with van der Waals surface area (Å²) >= 11 is 0. The predicted molar refractivity (Wildman–Crippen MR) is 78.3 cm³/mol. The molecule has 0 saturated heterocycles. The van der Waals surface area contributed by atoms with Crippen molar-refractivity contribution < 1.29 is 23.8 Å². The average Bonchev–Trinajstić information content (AvgIpc) is 3.02. The van der Waals surface area contributed by atoms with E-state index in [0.717, 1.165) is 19.3 Å². The molecule has 1 aromatic carbocycles. The van der Waals surface area contributed by atoms with Crippen LogP contribution in [0.3, 0.4) is 0 Å². The third kappa shape index (κ3) is 2.98. The van der Waals surface area contributed by atoms with Crippen LogP contribution < -0.4 is 0 Å². The van der Waals surface area contributed by atoms with E-state index in [0.29, 0.717) is 18.8 Å². The predicted octanol–water partition coefficient (Wildman–Crippen LogP) is 2.18. The van der Waals surface area contributed by atoms with Gasteiger partial charge in [0.1, 0.15) is 19.5 Å². The minimum absolute atomic E-state index is 0.000136. The monoisotopic (exact) mass is 302 g/mol. The molecule has 0 amide bonds. The van der Waals surface area contributed by atoms with Gasteiger partial charge in [-0.05, 0) is 43.4 Å². The minimum Gasteiger partial charge on any atom is -0.493 e. The van der Waals surface area contributed by atoms with Gasteiger partial charge in [0, 0.05) is 5.56 Å². The molecular weight excluding hydrogens is 284 g/mol. The van der Waals surface area contributed by atoms with E-state index in [4.69, 9.17) is 14.2 Å². The number of fused-ring (bicyclic) bond motifs is 1. The Morgan fingerprint density at radius 3 is 2.77 bits per heavy atom. The van der Waals surface area contributed by atoms with Gasteiger partial charge in [0.25, 0.3) is 0 Å². The lowest BCUT2D eigenvalue weighted by atomic mass is 10.0. The standard InChI is InChI=1S/C17H18O5/c1-11(22-17(19)15-10-20-7-8-21-15)16(18)14-6-5-12-3-2-4-13(12)9-14/h5-6,9-11H,2-4,7-8H2,1H3/t11-/m1/s1. The summed E-state index contributed by atoms with van der Waals surface area (Å²) in [6, 6.07) is 5.70. The highest BCUT2D eigenvalue weighted by Gasteiger charge is 2.25. The second-order valence-corrected chi connectivity index (χ2v) is 5.45.